The molecular formula is C11H9BrN2O3. The minimum absolute atomic E-state index is 0.000327. The van der Waals surface area contributed by atoms with Crippen molar-refractivity contribution in [2.45, 2.75) is 12.8 Å². The third-order valence-corrected chi connectivity index (χ3v) is 3.03. The molecule has 0 fully saturated rings. The van der Waals surface area contributed by atoms with Crippen molar-refractivity contribution in [3.63, 3.8) is 0 Å². The molecule has 88 valence electrons. The standard InChI is InChI=1S/C11H9BrN2O3/c12-7-3-1-2-4-9(7)14-10(15)6-5-8(13-14)11(16)17/h1-4H,5-6H2,(H,16,17). The molecule has 0 atom stereocenters. The average molecular weight is 297 g/mol. The molecule has 1 aliphatic rings. The van der Waals surface area contributed by atoms with Gasteiger partial charge in [-0.2, -0.15) is 10.1 Å². The lowest BCUT2D eigenvalue weighted by Crippen LogP contribution is -2.34. The number of hydrogen-bond donors (Lipinski definition) is 1. The number of hydrazone groups is 1. The molecule has 6 heteroatoms. The Morgan fingerprint density at radius 1 is 1.35 bits per heavy atom. The molecule has 0 bridgehead atoms. The van der Waals surface area contributed by atoms with Gasteiger partial charge >= 0.3 is 5.97 Å². The maximum absolute atomic E-state index is 11.7. The number of carboxylic acid groups (broad SMARTS) is 1. The third-order valence-electron chi connectivity index (χ3n) is 2.36. The molecule has 1 aromatic rings. The second kappa shape index (κ2) is 4.67. The van der Waals surface area contributed by atoms with Crippen molar-refractivity contribution in [1.82, 2.24) is 0 Å². The van der Waals surface area contributed by atoms with Gasteiger partial charge < -0.3 is 5.11 Å². The van der Waals surface area contributed by atoms with Crippen LogP contribution in [0.5, 0.6) is 0 Å². The summed E-state index contributed by atoms with van der Waals surface area (Å²) >= 11 is 3.31. The SMILES string of the molecule is O=C(O)C1=NN(c2ccccc2Br)C(=O)CC1. The van der Waals surface area contributed by atoms with Crippen LogP contribution in [0.25, 0.3) is 0 Å². The minimum Gasteiger partial charge on any atom is -0.477 e. The Bertz CT molecular complexity index is 513. The van der Waals surface area contributed by atoms with Crippen molar-refractivity contribution >= 4 is 39.2 Å². The third kappa shape index (κ3) is 2.36. The lowest BCUT2D eigenvalue weighted by atomic mass is 10.1. The summed E-state index contributed by atoms with van der Waals surface area (Å²) in [6.07, 6.45) is 0.335. The van der Waals surface area contributed by atoms with Gasteiger partial charge in [0, 0.05) is 17.3 Å². The zero-order valence-electron chi connectivity index (χ0n) is 8.76. The van der Waals surface area contributed by atoms with E-state index in [4.69, 9.17) is 5.11 Å². The van der Waals surface area contributed by atoms with Crippen LogP contribution in [0, 0.1) is 0 Å². The van der Waals surface area contributed by atoms with Gasteiger partial charge in [0.2, 0.25) is 5.91 Å². The Morgan fingerprint density at radius 2 is 2.06 bits per heavy atom. The molecule has 0 spiro atoms. The number of anilines is 1. The van der Waals surface area contributed by atoms with E-state index in [0.29, 0.717) is 10.2 Å². The predicted octanol–water partition coefficient (Wildman–Crippen LogP) is 2.02. The lowest BCUT2D eigenvalue weighted by molar-refractivity contribution is -0.129. The molecule has 1 N–H and O–H groups in total. The van der Waals surface area contributed by atoms with Crippen LogP contribution in [0.4, 0.5) is 5.69 Å². The van der Waals surface area contributed by atoms with Gasteiger partial charge in [-0.15, -0.1) is 0 Å². The van der Waals surface area contributed by atoms with Crippen LogP contribution >= 0.6 is 15.9 Å². The van der Waals surface area contributed by atoms with Crippen LogP contribution in [0.3, 0.4) is 0 Å². The summed E-state index contributed by atoms with van der Waals surface area (Å²) in [6.45, 7) is 0. The maximum Gasteiger partial charge on any atom is 0.352 e. The Labute approximate surface area is 106 Å². The van der Waals surface area contributed by atoms with Crippen LogP contribution in [-0.4, -0.2) is 22.7 Å². The van der Waals surface area contributed by atoms with Gasteiger partial charge in [0.1, 0.15) is 5.71 Å². The highest BCUT2D eigenvalue weighted by Crippen LogP contribution is 2.28. The van der Waals surface area contributed by atoms with Gasteiger partial charge in [0.15, 0.2) is 0 Å². The van der Waals surface area contributed by atoms with Crippen LogP contribution in [-0.2, 0) is 9.59 Å². The fourth-order valence-electron chi connectivity index (χ4n) is 1.52. The number of rotatable bonds is 2. The van der Waals surface area contributed by atoms with Gasteiger partial charge in [-0.25, -0.2) is 4.79 Å². The molecule has 0 radical (unpaired) electrons. The number of carbonyl (C=O) groups excluding carboxylic acids is 1. The fourth-order valence-corrected chi connectivity index (χ4v) is 1.97. The zero-order valence-corrected chi connectivity index (χ0v) is 10.3. The van der Waals surface area contributed by atoms with Gasteiger partial charge in [0.25, 0.3) is 0 Å². The first kappa shape index (κ1) is 11.8. The highest BCUT2D eigenvalue weighted by atomic mass is 79.9. The van der Waals surface area contributed by atoms with Gasteiger partial charge in [0.05, 0.1) is 5.69 Å². The zero-order chi connectivity index (χ0) is 12.4. The topological polar surface area (TPSA) is 70.0 Å². The quantitative estimate of drug-likeness (QED) is 0.908. The summed E-state index contributed by atoms with van der Waals surface area (Å²) in [4.78, 5) is 22.6. The number of carbonyl (C=O) groups is 2. The van der Waals surface area contributed by atoms with Crippen molar-refractivity contribution in [3.05, 3.63) is 28.7 Å². The second-order valence-electron chi connectivity index (χ2n) is 3.51. The molecule has 1 aliphatic heterocycles. The van der Waals surface area contributed by atoms with Gasteiger partial charge in [-0.3, -0.25) is 4.79 Å². The van der Waals surface area contributed by atoms with Crippen molar-refractivity contribution in [1.29, 1.82) is 0 Å². The molecule has 2 rings (SSSR count). The molecule has 0 aliphatic carbocycles. The van der Waals surface area contributed by atoms with E-state index in [0.717, 1.165) is 5.01 Å². The number of para-hydroxylation sites is 1. The Hall–Kier alpha value is -1.69. The monoisotopic (exact) mass is 296 g/mol. The van der Waals surface area contributed by atoms with Crippen molar-refractivity contribution in [3.8, 4) is 0 Å². The highest BCUT2D eigenvalue weighted by Gasteiger charge is 2.26. The number of aliphatic carboxylic acids is 1. The molecular weight excluding hydrogens is 288 g/mol. The molecule has 0 saturated heterocycles. The fraction of sp³-hybridized carbons (Fsp3) is 0.182. The minimum atomic E-state index is -1.09. The van der Waals surface area contributed by atoms with Crippen molar-refractivity contribution < 1.29 is 14.7 Å². The summed E-state index contributed by atoms with van der Waals surface area (Å²) < 4.78 is 0.698. The second-order valence-corrected chi connectivity index (χ2v) is 4.36. The van der Waals surface area contributed by atoms with E-state index in [-0.39, 0.29) is 24.5 Å². The summed E-state index contributed by atoms with van der Waals surface area (Å²) in [7, 11) is 0. The molecule has 1 heterocycles. The van der Waals surface area contributed by atoms with Crippen LogP contribution in [0.1, 0.15) is 12.8 Å². The average Bonchev–Trinajstić information content (AvgIpc) is 2.30. The summed E-state index contributed by atoms with van der Waals surface area (Å²) in [6, 6.07) is 7.05. The Balaban J connectivity index is 2.43. The van der Waals surface area contributed by atoms with E-state index < -0.39 is 5.97 Å². The molecule has 1 amide bonds. The normalized spacial score (nSPS) is 15.7. The maximum atomic E-state index is 11.7. The van der Waals surface area contributed by atoms with Gasteiger partial charge in [-0.1, -0.05) is 12.1 Å². The van der Waals surface area contributed by atoms with E-state index in [1.54, 1.807) is 18.2 Å². The molecule has 0 saturated carbocycles. The first-order valence-corrected chi connectivity index (χ1v) is 5.77. The number of halogens is 1. The van der Waals surface area contributed by atoms with E-state index >= 15 is 0 Å². The van der Waals surface area contributed by atoms with Crippen molar-refractivity contribution in [2.24, 2.45) is 5.10 Å². The summed E-state index contributed by atoms with van der Waals surface area (Å²) in [5.74, 6) is -1.29. The van der Waals surface area contributed by atoms with E-state index in [1.165, 1.54) is 0 Å². The van der Waals surface area contributed by atoms with E-state index in [1.807, 2.05) is 6.07 Å². The van der Waals surface area contributed by atoms with Gasteiger partial charge in [-0.05, 0) is 28.1 Å². The summed E-state index contributed by atoms with van der Waals surface area (Å²) in [5.41, 5.74) is 0.552. The highest BCUT2D eigenvalue weighted by molar-refractivity contribution is 9.10. The summed E-state index contributed by atoms with van der Waals surface area (Å²) in [5, 5.41) is 13.9. The van der Waals surface area contributed by atoms with Crippen molar-refractivity contribution in [2.75, 3.05) is 5.01 Å². The number of benzene rings is 1. The first-order valence-electron chi connectivity index (χ1n) is 4.98. The number of amides is 1. The predicted molar refractivity (Wildman–Crippen MR) is 65.9 cm³/mol. The van der Waals surface area contributed by atoms with Crippen LogP contribution in [0.15, 0.2) is 33.8 Å². The molecule has 5 nitrogen and oxygen atoms in total. The number of nitrogens with zero attached hydrogens (tertiary/aromatic N) is 2. The number of hydrogen-bond acceptors (Lipinski definition) is 3. The lowest BCUT2D eigenvalue weighted by Gasteiger charge is -2.22. The molecule has 0 unspecified atom stereocenters. The number of carboxylic acids is 1. The Morgan fingerprint density at radius 3 is 2.71 bits per heavy atom. The first-order chi connectivity index (χ1) is 8.09. The van der Waals surface area contributed by atoms with Crippen LogP contribution < -0.4 is 5.01 Å². The largest absolute Gasteiger partial charge is 0.477 e. The van der Waals surface area contributed by atoms with E-state index in [2.05, 4.69) is 21.0 Å². The van der Waals surface area contributed by atoms with E-state index in [9.17, 15) is 9.59 Å². The molecule has 17 heavy (non-hydrogen) atoms. The van der Waals surface area contributed by atoms with Crippen LogP contribution in [0.2, 0.25) is 0 Å². The smallest absolute Gasteiger partial charge is 0.352 e. The molecule has 1 aromatic carbocycles. The Kier molecular flexibility index (Phi) is 3.23. The molecule has 0 aromatic heterocycles.